The first-order valence-corrected chi connectivity index (χ1v) is 13.0. The molecule has 3 aromatic carbocycles. The Morgan fingerprint density at radius 2 is 1.85 bits per heavy atom. The molecular formula is C29H24F2N4O4S. The SMILES string of the molecule is CN[S+]([O-])c1cccc(NC(=O)c2c(Oc3ccc(C#N)cc3OC)ncc(-c3ccc(C(F)F)cc3)c2C)c1. The second-order valence-electron chi connectivity index (χ2n) is 8.43. The number of hydrogen-bond acceptors (Lipinski definition) is 7. The van der Waals surface area contributed by atoms with Crippen LogP contribution in [0.3, 0.4) is 0 Å². The van der Waals surface area contributed by atoms with Crippen LogP contribution in [-0.4, -0.2) is 29.6 Å². The van der Waals surface area contributed by atoms with Crippen molar-refractivity contribution in [1.82, 2.24) is 9.71 Å². The van der Waals surface area contributed by atoms with Crippen molar-refractivity contribution < 1.29 is 27.6 Å². The van der Waals surface area contributed by atoms with Gasteiger partial charge in [-0.05, 0) is 42.3 Å². The van der Waals surface area contributed by atoms with Crippen LogP contribution in [-0.2, 0) is 11.4 Å². The van der Waals surface area contributed by atoms with Gasteiger partial charge in [-0.25, -0.2) is 13.8 Å². The van der Waals surface area contributed by atoms with Crippen LogP contribution in [0.5, 0.6) is 17.4 Å². The molecule has 0 aliphatic carbocycles. The molecule has 0 saturated carbocycles. The molecule has 4 rings (SSSR count). The van der Waals surface area contributed by atoms with Gasteiger partial charge in [0.15, 0.2) is 16.4 Å². The summed E-state index contributed by atoms with van der Waals surface area (Å²) in [6.07, 6.45) is -1.12. The van der Waals surface area contributed by atoms with Crippen LogP contribution in [0.4, 0.5) is 14.5 Å². The van der Waals surface area contributed by atoms with Gasteiger partial charge >= 0.3 is 0 Å². The first kappa shape index (κ1) is 28.5. The van der Waals surface area contributed by atoms with Crippen molar-refractivity contribution in [2.24, 2.45) is 0 Å². The van der Waals surface area contributed by atoms with Gasteiger partial charge in [0, 0.05) is 42.2 Å². The number of halogens is 2. The molecule has 2 N–H and O–H groups in total. The van der Waals surface area contributed by atoms with Crippen molar-refractivity contribution >= 4 is 23.0 Å². The Bertz CT molecular complexity index is 1580. The summed E-state index contributed by atoms with van der Waals surface area (Å²) in [6.45, 7) is 1.70. The van der Waals surface area contributed by atoms with Gasteiger partial charge in [-0.2, -0.15) is 5.26 Å². The fourth-order valence-corrected chi connectivity index (χ4v) is 4.62. The molecule has 8 nitrogen and oxygen atoms in total. The largest absolute Gasteiger partial charge is 0.593 e. The summed E-state index contributed by atoms with van der Waals surface area (Å²) in [6, 6.07) is 18.8. The number of ether oxygens (including phenoxy) is 2. The lowest BCUT2D eigenvalue weighted by Gasteiger charge is -2.17. The molecular weight excluding hydrogens is 538 g/mol. The molecule has 0 saturated heterocycles. The third-order valence-electron chi connectivity index (χ3n) is 6.00. The number of anilines is 1. The zero-order valence-electron chi connectivity index (χ0n) is 21.7. The molecule has 11 heteroatoms. The van der Waals surface area contributed by atoms with Crippen molar-refractivity contribution in [3.8, 4) is 34.6 Å². The van der Waals surface area contributed by atoms with Gasteiger partial charge in [-0.1, -0.05) is 30.3 Å². The fraction of sp³-hybridized carbons (Fsp3) is 0.138. The van der Waals surface area contributed by atoms with E-state index < -0.39 is 23.7 Å². The Labute approximate surface area is 232 Å². The third kappa shape index (κ3) is 6.21. The van der Waals surface area contributed by atoms with E-state index in [2.05, 4.69) is 15.0 Å². The van der Waals surface area contributed by atoms with Gasteiger partial charge in [0.1, 0.15) is 5.56 Å². The highest BCUT2D eigenvalue weighted by Crippen LogP contribution is 2.37. The number of pyridine rings is 1. The third-order valence-corrected chi connectivity index (χ3v) is 7.05. The lowest BCUT2D eigenvalue weighted by molar-refractivity contribution is 0.102. The maximum Gasteiger partial charge on any atom is 0.263 e. The van der Waals surface area contributed by atoms with Gasteiger partial charge in [0.05, 0.1) is 30.1 Å². The molecule has 1 aromatic heterocycles. The average molecular weight is 563 g/mol. The first-order chi connectivity index (χ1) is 19.2. The Hall–Kier alpha value is -4.50. The Balaban J connectivity index is 1.79. The molecule has 0 fully saturated rings. The van der Waals surface area contributed by atoms with Gasteiger partial charge in [0.2, 0.25) is 5.88 Å². The van der Waals surface area contributed by atoms with E-state index in [0.717, 1.165) is 0 Å². The molecule has 1 heterocycles. The number of amides is 1. The molecule has 4 aromatic rings. The van der Waals surface area contributed by atoms with Crippen LogP contribution in [0, 0.1) is 18.3 Å². The van der Waals surface area contributed by atoms with E-state index in [1.54, 1.807) is 38.2 Å². The summed E-state index contributed by atoms with van der Waals surface area (Å²) in [5, 5.41) is 12.0. The normalized spacial score (nSPS) is 11.6. The minimum absolute atomic E-state index is 0.0408. The minimum Gasteiger partial charge on any atom is -0.593 e. The molecule has 0 radical (unpaired) electrons. The predicted octanol–water partition coefficient (Wildman–Crippen LogP) is 6.16. The maximum absolute atomic E-state index is 13.7. The number of nitrogens with one attached hydrogen (secondary N) is 2. The van der Waals surface area contributed by atoms with Gasteiger partial charge < -0.3 is 19.3 Å². The number of carbonyl (C=O) groups is 1. The molecule has 40 heavy (non-hydrogen) atoms. The number of benzene rings is 3. The van der Waals surface area contributed by atoms with Crippen molar-refractivity contribution in [1.29, 1.82) is 5.26 Å². The van der Waals surface area contributed by atoms with E-state index in [1.165, 1.54) is 55.8 Å². The first-order valence-electron chi connectivity index (χ1n) is 11.9. The lowest BCUT2D eigenvalue weighted by Crippen LogP contribution is -2.19. The topological polar surface area (TPSA) is 119 Å². The van der Waals surface area contributed by atoms with Crippen molar-refractivity contribution in [2.75, 3.05) is 19.5 Å². The Kier molecular flexibility index (Phi) is 8.96. The van der Waals surface area contributed by atoms with E-state index in [9.17, 15) is 23.4 Å². The zero-order valence-corrected chi connectivity index (χ0v) is 22.5. The monoisotopic (exact) mass is 562 g/mol. The summed E-state index contributed by atoms with van der Waals surface area (Å²) in [5.41, 5.74) is 2.30. The average Bonchev–Trinajstić information content (AvgIpc) is 2.97. The molecule has 0 bridgehead atoms. The van der Waals surface area contributed by atoms with E-state index in [0.29, 0.717) is 32.8 Å². The smallest absolute Gasteiger partial charge is 0.263 e. The van der Waals surface area contributed by atoms with Gasteiger partial charge in [-0.3, -0.25) is 4.79 Å². The highest BCUT2D eigenvalue weighted by atomic mass is 32.2. The molecule has 0 aliphatic rings. The number of alkyl halides is 2. The summed E-state index contributed by atoms with van der Waals surface area (Å²) in [5.74, 6) is -0.117. The Morgan fingerprint density at radius 3 is 2.50 bits per heavy atom. The second-order valence-corrected chi connectivity index (χ2v) is 9.85. The van der Waals surface area contributed by atoms with E-state index >= 15 is 0 Å². The quantitative estimate of drug-likeness (QED) is 0.235. The summed E-state index contributed by atoms with van der Waals surface area (Å²) < 4.78 is 52.4. The fourth-order valence-electron chi connectivity index (χ4n) is 3.95. The Morgan fingerprint density at radius 1 is 1.10 bits per heavy atom. The number of aromatic nitrogens is 1. The van der Waals surface area contributed by atoms with Crippen LogP contribution >= 0.6 is 0 Å². The molecule has 1 atom stereocenters. The van der Waals surface area contributed by atoms with Crippen LogP contribution in [0.1, 0.15) is 33.5 Å². The number of nitriles is 1. The number of nitrogens with zero attached hydrogens (tertiary/aromatic N) is 2. The number of hydrogen-bond donors (Lipinski definition) is 2. The lowest BCUT2D eigenvalue weighted by atomic mass is 9.97. The molecule has 0 spiro atoms. The molecule has 0 aliphatic heterocycles. The highest BCUT2D eigenvalue weighted by Gasteiger charge is 2.23. The van der Waals surface area contributed by atoms with Crippen molar-refractivity contribution in [3.05, 3.63) is 95.2 Å². The van der Waals surface area contributed by atoms with Crippen LogP contribution in [0.15, 0.2) is 77.8 Å². The van der Waals surface area contributed by atoms with Gasteiger partial charge in [-0.15, -0.1) is 4.72 Å². The van der Waals surface area contributed by atoms with Crippen LogP contribution in [0.2, 0.25) is 0 Å². The van der Waals surface area contributed by atoms with Crippen LogP contribution < -0.4 is 19.5 Å². The van der Waals surface area contributed by atoms with Gasteiger partial charge in [0.25, 0.3) is 12.3 Å². The van der Waals surface area contributed by atoms with E-state index in [4.69, 9.17) is 9.47 Å². The van der Waals surface area contributed by atoms with E-state index in [1.807, 2.05) is 6.07 Å². The van der Waals surface area contributed by atoms with E-state index in [-0.39, 0.29) is 28.5 Å². The van der Waals surface area contributed by atoms with Crippen molar-refractivity contribution in [2.45, 2.75) is 18.2 Å². The minimum atomic E-state index is -2.61. The number of carbonyl (C=O) groups excluding carboxylic acids is 1. The zero-order chi connectivity index (χ0) is 28.8. The number of methoxy groups -OCH3 is 1. The highest BCUT2D eigenvalue weighted by molar-refractivity contribution is 7.89. The number of rotatable bonds is 9. The predicted molar refractivity (Wildman–Crippen MR) is 147 cm³/mol. The summed E-state index contributed by atoms with van der Waals surface area (Å²) in [4.78, 5) is 18.5. The second kappa shape index (κ2) is 12.6. The van der Waals surface area contributed by atoms with Crippen LogP contribution in [0.25, 0.3) is 11.1 Å². The molecule has 204 valence electrons. The van der Waals surface area contributed by atoms with Crippen molar-refractivity contribution in [3.63, 3.8) is 0 Å². The standard InChI is InChI=1S/C29H24F2N4O4S/c1-17-23(19-8-10-20(11-9-19)27(30)31)16-34-29(39-24-12-7-18(15-32)13-25(24)38-3)26(17)28(36)35-21-5-4-6-22(14-21)40(37)33-2/h4-14,16,27,33H,1-3H3,(H,35,36). The summed E-state index contributed by atoms with van der Waals surface area (Å²) in [7, 11) is 2.97. The maximum atomic E-state index is 13.7. The molecule has 1 unspecified atom stereocenters. The summed E-state index contributed by atoms with van der Waals surface area (Å²) >= 11 is -1.46. The molecule has 1 amide bonds.